The number of likely N-dealkylation sites (tertiary alicyclic amines) is 2. The topological polar surface area (TPSA) is 73.3 Å². The number of hydrogen-bond acceptors (Lipinski definition) is 6. The van der Waals surface area contributed by atoms with Crippen LogP contribution in [0.1, 0.15) is 65.1 Å². The summed E-state index contributed by atoms with van der Waals surface area (Å²) in [4.78, 5) is 33.7. The molecule has 194 valence electrons. The summed E-state index contributed by atoms with van der Waals surface area (Å²) < 4.78 is 5.16. The van der Waals surface area contributed by atoms with E-state index in [2.05, 4.69) is 15.9 Å². The zero-order valence-electron chi connectivity index (χ0n) is 20.7. The Labute approximate surface area is 221 Å². The molecule has 2 saturated heterocycles. The van der Waals surface area contributed by atoms with Crippen LogP contribution in [0.15, 0.2) is 30.3 Å². The quantitative estimate of drug-likeness (QED) is 0.525. The lowest BCUT2D eigenvalue weighted by Gasteiger charge is -2.43. The third-order valence-corrected chi connectivity index (χ3v) is 9.64. The van der Waals surface area contributed by atoms with Crippen molar-refractivity contribution >= 4 is 35.0 Å². The number of thiophene rings is 1. The first kappa shape index (κ1) is 25.5. The molecule has 3 aliphatic heterocycles. The molecule has 4 heterocycles. The summed E-state index contributed by atoms with van der Waals surface area (Å²) in [6.07, 6.45) is 5.49. The summed E-state index contributed by atoms with van der Waals surface area (Å²) in [6.45, 7) is 4.13. The van der Waals surface area contributed by atoms with Crippen molar-refractivity contribution in [2.75, 3.05) is 33.3 Å². The molecule has 1 aromatic carbocycles. The lowest BCUT2D eigenvalue weighted by molar-refractivity contribution is -0.147. The van der Waals surface area contributed by atoms with Gasteiger partial charge in [-0.25, -0.2) is 9.59 Å². The molecule has 0 bridgehead atoms. The molecule has 1 N–H and O–H groups in total. The van der Waals surface area contributed by atoms with Gasteiger partial charge in [0, 0.05) is 40.5 Å². The number of methoxy groups -OCH3 is 1. The minimum Gasteiger partial charge on any atom is -0.468 e. The van der Waals surface area contributed by atoms with Gasteiger partial charge < -0.3 is 19.6 Å². The van der Waals surface area contributed by atoms with Gasteiger partial charge in [-0.1, -0.05) is 36.2 Å². The molecular weight excluding hydrogens is 498 g/mol. The Bertz CT molecular complexity index is 1100. The van der Waals surface area contributed by atoms with E-state index in [9.17, 15) is 14.7 Å². The number of rotatable bonds is 5. The number of hydrogen-bond donors (Lipinski definition) is 1. The van der Waals surface area contributed by atoms with E-state index in [1.807, 2.05) is 18.2 Å². The molecule has 36 heavy (non-hydrogen) atoms. The summed E-state index contributed by atoms with van der Waals surface area (Å²) in [5, 5.41) is 10.5. The Morgan fingerprint density at radius 1 is 1.14 bits per heavy atom. The number of piperidine rings is 2. The third kappa shape index (κ3) is 5.14. The molecule has 0 radical (unpaired) electrons. The maximum Gasteiger partial charge on any atom is 0.407 e. The van der Waals surface area contributed by atoms with Crippen molar-refractivity contribution in [3.63, 3.8) is 0 Å². The first-order chi connectivity index (χ1) is 17.5. The van der Waals surface area contributed by atoms with Gasteiger partial charge in [0.05, 0.1) is 13.2 Å². The summed E-state index contributed by atoms with van der Waals surface area (Å²) in [5.41, 5.74) is 1.92. The summed E-state index contributed by atoms with van der Waals surface area (Å²) in [6, 6.07) is 9.35. The van der Waals surface area contributed by atoms with E-state index in [-0.39, 0.29) is 12.0 Å². The first-order valence-corrected chi connectivity index (χ1v) is 14.1. The molecule has 0 spiro atoms. The number of nitrogens with zero attached hydrogens (tertiary/aromatic N) is 3. The van der Waals surface area contributed by atoms with Gasteiger partial charge in [-0.15, -0.1) is 11.3 Å². The molecule has 2 unspecified atom stereocenters. The molecule has 0 aliphatic carbocycles. The number of esters is 1. The fourth-order valence-corrected chi connectivity index (χ4v) is 7.64. The van der Waals surface area contributed by atoms with Gasteiger partial charge >= 0.3 is 12.1 Å². The van der Waals surface area contributed by atoms with Gasteiger partial charge in [-0.2, -0.15) is 0 Å². The van der Waals surface area contributed by atoms with Crippen LogP contribution in [0.4, 0.5) is 4.79 Å². The number of benzene rings is 1. The largest absolute Gasteiger partial charge is 0.468 e. The first-order valence-electron chi connectivity index (χ1n) is 12.9. The van der Waals surface area contributed by atoms with Crippen molar-refractivity contribution < 1.29 is 19.4 Å². The average molecular weight is 532 g/mol. The van der Waals surface area contributed by atoms with E-state index in [4.69, 9.17) is 16.3 Å². The van der Waals surface area contributed by atoms with Crippen molar-refractivity contribution in [1.82, 2.24) is 14.7 Å². The van der Waals surface area contributed by atoms with Crippen LogP contribution in [0, 0.1) is 0 Å². The minimum absolute atomic E-state index is 0.118. The Morgan fingerprint density at radius 3 is 2.64 bits per heavy atom. The highest BCUT2D eigenvalue weighted by Gasteiger charge is 2.38. The van der Waals surface area contributed by atoms with Gasteiger partial charge in [0.2, 0.25) is 0 Å². The second-order valence-electron chi connectivity index (χ2n) is 10.0. The second-order valence-corrected chi connectivity index (χ2v) is 11.6. The van der Waals surface area contributed by atoms with E-state index < -0.39 is 12.1 Å². The molecular formula is C27H34ClN3O4S. The van der Waals surface area contributed by atoms with E-state index >= 15 is 0 Å². The van der Waals surface area contributed by atoms with Crippen LogP contribution in [0.5, 0.6) is 0 Å². The average Bonchev–Trinajstić information content (AvgIpc) is 3.33. The van der Waals surface area contributed by atoms with Crippen molar-refractivity contribution in [2.24, 2.45) is 0 Å². The molecule has 9 heteroatoms. The molecule has 0 saturated carbocycles. The Balaban J connectivity index is 1.39. The maximum absolute atomic E-state index is 12.8. The zero-order chi connectivity index (χ0) is 25.2. The lowest BCUT2D eigenvalue weighted by atomic mass is 9.93. The monoisotopic (exact) mass is 531 g/mol. The second kappa shape index (κ2) is 11.1. The van der Waals surface area contributed by atoms with Gasteiger partial charge in [0.15, 0.2) is 0 Å². The Kier molecular flexibility index (Phi) is 7.86. The molecule has 3 atom stereocenters. The van der Waals surface area contributed by atoms with Gasteiger partial charge in [0.25, 0.3) is 0 Å². The SMILES string of the molecule is COC(=O)C(c1ccccc1Cl)N1CCc2sc([C@@H]3CC(N4CCCCC4)CCN3C(=O)O)cc2C1. The molecule has 1 amide bonds. The molecule has 2 aromatic rings. The van der Waals surface area contributed by atoms with Crippen molar-refractivity contribution in [1.29, 1.82) is 0 Å². The highest BCUT2D eigenvalue weighted by atomic mass is 35.5. The zero-order valence-corrected chi connectivity index (χ0v) is 22.3. The van der Waals surface area contributed by atoms with E-state index in [0.29, 0.717) is 30.7 Å². The highest BCUT2D eigenvalue weighted by Crippen LogP contribution is 2.41. The van der Waals surface area contributed by atoms with Crippen LogP contribution in [-0.2, 0) is 22.5 Å². The summed E-state index contributed by atoms with van der Waals surface area (Å²) in [7, 11) is 1.41. The smallest absolute Gasteiger partial charge is 0.407 e. The minimum atomic E-state index is -0.838. The van der Waals surface area contributed by atoms with Crippen LogP contribution in [0.2, 0.25) is 5.02 Å². The Morgan fingerprint density at radius 2 is 1.92 bits per heavy atom. The maximum atomic E-state index is 12.8. The number of fused-ring (bicyclic) bond motifs is 1. The summed E-state index contributed by atoms with van der Waals surface area (Å²) in [5.74, 6) is -0.323. The Hall–Kier alpha value is -2.13. The highest BCUT2D eigenvalue weighted by molar-refractivity contribution is 7.12. The van der Waals surface area contributed by atoms with E-state index in [1.54, 1.807) is 22.3 Å². The number of carboxylic acid groups (broad SMARTS) is 1. The number of amides is 1. The van der Waals surface area contributed by atoms with Crippen LogP contribution in [0.3, 0.4) is 0 Å². The van der Waals surface area contributed by atoms with Crippen molar-refractivity contribution in [3.8, 4) is 0 Å². The predicted octanol–water partition coefficient (Wildman–Crippen LogP) is 5.34. The van der Waals surface area contributed by atoms with Gasteiger partial charge in [-0.05, 0) is 68.5 Å². The molecule has 3 aliphatic rings. The van der Waals surface area contributed by atoms with Crippen LogP contribution < -0.4 is 0 Å². The number of ether oxygens (including phenoxy) is 1. The predicted molar refractivity (Wildman–Crippen MR) is 141 cm³/mol. The van der Waals surface area contributed by atoms with Crippen LogP contribution in [-0.4, -0.2) is 71.2 Å². The molecule has 2 fully saturated rings. The molecule has 7 nitrogen and oxygen atoms in total. The number of carbonyl (C=O) groups is 2. The molecule has 1 aromatic heterocycles. The van der Waals surface area contributed by atoms with Crippen LogP contribution in [0.25, 0.3) is 0 Å². The van der Waals surface area contributed by atoms with E-state index in [1.165, 1.54) is 36.8 Å². The summed E-state index contributed by atoms with van der Waals surface area (Å²) >= 11 is 8.22. The number of halogens is 1. The third-order valence-electron chi connectivity index (χ3n) is 7.96. The van der Waals surface area contributed by atoms with Gasteiger partial charge in [0.1, 0.15) is 6.04 Å². The standard InChI is InChI=1S/C27H34ClN3O4S/c1-35-26(32)25(20-7-3-4-8-21(20)28)30-13-10-23-18(17-30)15-24(36-23)22-16-19(9-14-31(22)27(33)34)29-11-5-2-6-12-29/h3-4,7-8,15,19,22,25H,2,5-6,9-14,16-17H2,1H3,(H,33,34)/t19?,22-,25?/m0/s1. The van der Waals surface area contributed by atoms with Crippen LogP contribution >= 0.6 is 22.9 Å². The van der Waals surface area contributed by atoms with Crippen molar-refractivity contribution in [2.45, 2.75) is 63.2 Å². The van der Waals surface area contributed by atoms with Gasteiger partial charge in [-0.3, -0.25) is 4.90 Å². The fraction of sp³-hybridized carbons (Fsp3) is 0.556. The number of carbonyl (C=O) groups excluding carboxylic acids is 1. The molecule has 5 rings (SSSR count). The lowest BCUT2D eigenvalue weighted by Crippen LogP contribution is -2.49. The fourth-order valence-electron chi connectivity index (χ4n) is 6.10. The van der Waals surface area contributed by atoms with E-state index in [0.717, 1.165) is 42.8 Å². The normalized spacial score (nSPS) is 24.2. The van der Waals surface area contributed by atoms with Crippen molar-refractivity contribution in [3.05, 3.63) is 56.2 Å².